The molecule has 6 heterocycles. The van der Waals surface area contributed by atoms with E-state index in [2.05, 4.69) is 31.7 Å². The predicted octanol–water partition coefficient (Wildman–Crippen LogP) is 0.800. The molecule has 3 N–H and O–H groups in total. The first kappa shape index (κ1) is 22.7. The quantitative estimate of drug-likeness (QED) is 0.358. The minimum atomic E-state index is -0.741. The average Bonchev–Trinajstić information content (AvgIpc) is 3.69. The highest BCUT2D eigenvalue weighted by Gasteiger charge is 2.29. The van der Waals surface area contributed by atoms with Crippen LogP contribution in [0, 0.1) is 0 Å². The average molecular weight is 493 g/mol. The number of fused-ring (bicyclic) bond motifs is 2. The van der Waals surface area contributed by atoms with Crippen LogP contribution in [0.5, 0.6) is 0 Å². The molecular weight excluding hydrogens is 464 g/mol. The zero-order valence-electron chi connectivity index (χ0n) is 20.1. The van der Waals surface area contributed by atoms with Crippen LogP contribution >= 0.6 is 0 Å². The number of pyridine rings is 1. The number of imidazole rings is 1. The van der Waals surface area contributed by atoms with Gasteiger partial charge in [-0.1, -0.05) is 0 Å². The molecule has 2 aliphatic heterocycles. The van der Waals surface area contributed by atoms with Crippen molar-refractivity contribution < 1.29 is 19.4 Å². The molecule has 0 aliphatic carbocycles. The molecule has 0 aromatic carbocycles. The van der Waals surface area contributed by atoms with Crippen LogP contribution in [0.4, 0.5) is 11.5 Å². The number of methoxy groups -OCH3 is 1. The first-order valence-electron chi connectivity index (χ1n) is 11.9. The molecule has 4 aromatic heterocycles. The van der Waals surface area contributed by atoms with Gasteiger partial charge in [0.1, 0.15) is 11.4 Å². The normalized spacial score (nSPS) is 22.1. The first-order chi connectivity index (χ1) is 17.6. The number of hydrogen-bond donors (Lipinski definition) is 3. The highest BCUT2D eigenvalue weighted by molar-refractivity contribution is 6.00. The Morgan fingerprint density at radius 1 is 1.28 bits per heavy atom. The Morgan fingerprint density at radius 3 is 2.92 bits per heavy atom. The van der Waals surface area contributed by atoms with Crippen molar-refractivity contribution in [2.24, 2.45) is 0 Å². The van der Waals surface area contributed by atoms with E-state index in [0.717, 1.165) is 36.5 Å². The van der Waals surface area contributed by atoms with E-state index in [-0.39, 0.29) is 25.2 Å². The van der Waals surface area contributed by atoms with Crippen molar-refractivity contribution in [2.45, 2.75) is 24.7 Å². The summed E-state index contributed by atoms with van der Waals surface area (Å²) >= 11 is 0. The van der Waals surface area contributed by atoms with E-state index in [0.29, 0.717) is 22.7 Å². The van der Waals surface area contributed by atoms with Crippen molar-refractivity contribution in [1.82, 2.24) is 29.3 Å². The molecule has 3 atom stereocenters. The van der Waals surface area contributed by atoms with Gasteiger partial charge in [0.2, 0.25) is 0 Å². The number of ether oxygens (including phenoxy) is 2. The predicted molar refractivity (Wildman–Crippen MR) is 132 cm³/mol. The highest BCUT2D eigenvalue weighted by atomic mass is 16.5. The van der Waals surface area contributed by atoms with Gasteiger partial charge in [-0.15, -0.1) is 0 Å². The van der Waals surface area contributed by atoms with E-state index in [4.69, 9.17) is 14.5 Å². The van der Waals surface area contributed by atoms with Crippen molar-refractivity contribution >= 4 is 28.7 Å². The number of anilines is 2. The second kappa shape index (κ2) is 9.04. The minimum Gasteiger partial charge on any atom is -0.388 e. The van der Waals surface area contributed by atoms with Gasteiger partial charge in [0.25, 0.3) is 5.91 Å². The van der Waals surface area contributed by atoms with Gasteiger partial charge in [-0.05, 0) is 18.6 Å². The van der Waals surface area contributed by atoms with Crippen LogP contribution in [-0.2, 0) is 9.47 Å². The van der Waals surface area contributed by atoms with Gasteiger partial charge in [0.15, 0.2) is 11.3 Å². The molecule has 2 fully saturated rings. The van der Waals surface area contributed by atoms with E-state index < -0.39 is 12.1 Å². The Hall–Kier alpha value is -3.74. The Morgan fingerprint density at radius 2 is 2.17 bits per heavy atom. The number of carbonyl (C=O) groups is 1. The monoisotopic (exact) mass is 492 g/mol. The molecule has 0 bridgehead atoms. The topological polar surface area (TPSA) is 131 Å². The molecule has 36 heavy (non-hydrogen) atoms. The standard InChI is InChI=1S/C24H28N8O4/c1-25-21-9-16(28-22-15(10-27-32(21)22)24(34)29-17-12-36-13-20(17)33)18-3-4-19(23-26-6-8-31(18)23)30-7-5-14(11-30)35-2/h3-4,6,8-10,14,17,20,25,33H,5,7,11-13H2,1-2H3,(H,29,34)/t14-,17+,20-/m0/s1. The van der Waals surface area contributed by atoms with Gasteiger partial charge in [0.05, 0.1) is 54.7 Å². The van der Waals surface area contributed by atoms with Crippen LogP contribution in [0.2, 0.25) is 0 Å². The molecule has 2 saturated heterocycles. The smallest absolute Gasteiger partial charge is 0.257 e. The van der Waals surface area contributed by atoms with E-state index in [1.54, 1.807) is 24.9 Å². The molecular formula is C24H28N8O4. The lowest BCUT2D eigenvalue weighted by Crippen LogP contribution is -2.42. The fraction of sp³-hybridized carbons (Fsp3) is 0.417. The fourth-order valence-corrected chi connectivity index (χ4v) is 4.95. The molecule has 6 rings (SSSR count). The van der Waals surface area contributed by atoms with Crippen molar-refractivity contribution in [3.8, 4) is 11.4 Å². The molecule has 0 unspecified atom stereocenters. The molecule has 0 radical (unpaired) electrons. The maximum atomic E-state index is 13.1. The maximum Gasteiger partial charge on any atom is 0.257 e. The number of aromatic nitrogens is 5. The molecule has 2 aliphatic rings. The molecule has 12 heteroatoms. The summed E-state index contributed by atoms with van der Waals surface area (Å²) < 4.78 is 14.4. The Kier molecular flexibility index (Phi) is 5.70. The maximum absolute atomic E-state index is 13.1. The molecule has 4 aromatic rings. The number of carbonyl (C=O) groups excluding carboxylic acids is 1. The Balaban J connectivity index is 1.40. The third-order valence-electron chi connectivity index (χ3n) is 6.95. The summed E-state index contributed by atoms with van der Waals surface area (Å²) in [5.41, 5.74) is 4.09. The second-order valence-electron chi connectivity index (χ2n) is 9.07. The summed E-state index contributed by atoms with van der Waals surface area (Å²) in [5.74, 6) is 0.314. The van der Waals surface area contributed by atoms with Gasteiger partial charge in [-0.3, -0.25) is 9.20 Å². The zero-order chi connectivity index (χ0) is 24.8. The number of rotatable bonds is 6. The minimum absolute atomic E-state index is 0.201. The molecule has 188 valence electrons. The van der Waals surface area contributed by atoms with Crippen LogP contribution in [-0.4, -0.2) is 93.7 Å². The largest absolute Gasteiger partial charge is 0.388 e. The van der Waals surface area contributed by atoms with Gasteiger partial charge in [0, 0.05) is 45.7 Å². The van der Waals surface area contributed by atoms with Crippen LogP contribution in [0.25, 0.3) is 22.7 Å². The van der Waals surface area contributed by atoms with Crippen molar-refractivity contribution in [1.29, 1.82) is 0 Å². The molecule has 12 nitrogen and oxygen atoms in total. The Labute approximate surface area is 206 Å². The van der Waals surface area contributed by atoms with Crippen LogP contribution < -0.4 is 15.5 Å². The van der Waals surface area contributed by atoms with Crippen LogP contribution in [0.15, 0.2) is 36.8 Å². The summed E-state index contributed by atoms with van der Waals surface area (Å²) in [6, 6.07) is 5.50. The number of aliphatic hydroxyl groups is 1. The summed E-state index contributed by atoms with van der Waals surface area (Å²) in [7, 11) is 3.54. The van der Waals surface area contributed by atoms with E-state index in [1.165, 1.54) is 6.20 Å². The third-order valence-corrected chi connectivity index (χ3v) is 6.95. The lowest BCUT2D eigenvalue weighted by molar-refractivity contribution is 0.0888. The van der Waals surface area contributed by atoms with Gasteiger partial charge in [-0.25, -0.2) is 9.97 Å². The SMILES string of the molecule is CNc1cc(-c2ccc(N3CC[C@H](OC)C3)c3nccn23)nc2c(C(=O)N[C@@H]3COC[C@@H]3O)cnn12. The summed E-state index contributed by atoms with van der Waals surface area (Å²) in [5, 5.41) is 20.4. The van der Waals surface area contributed by atoms with E-state index in [9.17, 15) is 9.90 Å². The summed E-state index contributed by atoms with van der Waals surface area (Å²) in [4.78, 5) is 24.8. The van der Waals surface area contributed by atoms with Gasteiger partial charge in [-0.2, -0.15) is 9.61 Å². The number of amides is 1. The van der Waals surface area contributed by atoms with Crippen molar-refractivity contribution in [2.75, 3.05) is 50.7 Å². The highest BCUT2D eigenvalue weighted by Crippen LogP contribution is 2.31. The van der Waals surface area contributed by atoms with Crippen LogP contribution in [0.1, 0.15) is 16.8 Å². The van der Waals surface area contributed by atoms with Gasteiger partial charge < -0.3 is 30.1 Å². The fourth-order valence-electron chi connectivity index (χ4n) is 4.95. The molecule has 0 spiro atoms. The van der Waals surface area contributed by atoms with E-state index in [1.807, 2.05) is 22.7 Å². The molecule has 0 saturated carbocycles. The van der Waals surface area contributed by atoms with Crippen molar-refractivity contribution in [3.05, 3.63) is 42.4 Å². The lowest BCUT2D eigenvalue weighted by atomic mass is 10.2. The zero-order valence-corrected chi connectivity index (χ0v) is 20.1. The number of hydrogen-bond acceptors (Lipinski definition) is 9. The second-order valence-corrected chi connectivity index (χ2v) is 9.07. The number of nitrogens with zero attached hydrogens (tertiary/aromatic N) is 6. The molecule has 1 amide bonds. The third kappa shape index (κ3) is 3.74. The number of aliphatic hydroxyl groups excluding tert-OH is 1. The summed E-state index contributed by atoms with van der Waals surface area (Å²) in [6.07, 6.45) is 5.62. The summed E-state index contributed by atoms with van der Waals surface area (Å²) in [6.45, 7) is 2.19. The first-order valence-corrected chi connectivity index (χ1v) is 11.9. The van der Waals surface area contributed by atoms with Crippen LogP contribution in [0.3, 0.4) is 0 Å². The Bertz CT molecular complexity index is 1430. The number of nitrogens with one attached hydrogen (secondary N) is 2. The van der Waals surface area contributed by atoms with Gasteiger partial charge >= 0.3 is 0 Å². The van der Waals surface area contributed by atoms with E-state index >= 15 is 0 Å². The lowest BCUT2D eigenvalue weighted by Gasteiger charge is -2.20. The van der Waals surface area contributed by atoms with Crippen molar-refractivity contribution in [3.63, 3.8) is 0 Å².